The Balaban J connectivity index is 2.59. The third-order valence-corrected chi connectivity index (χ3v) is 3.30. The third kappa shape index (κ3) is 1.64. The van der Waals surface area contributed by atoms with E-state index >= 15 is 0 Å². The minimum atomic E-state index is 0.878. The number of thiazole rings is 1. The lowest BCUT2D eigenvalue weighted by Crippen LogP contribution is -1.83. The molecule has 0 aliphatic carbocycles. The molecule has 2 heterocycles. The quantitative estimate of drug-likeness (QED) is 0.765. The van der Waals surface area contributed by atoms with E-state index in [0.29, 0.717) is 0 Å². The third-order valence-electron chi connectivity index (χ3n) is 2.03. The Bertz CT molecular complexity index is 481. The van der Waals surface area contributed by atoms with Gasteiger partial charge in [0, 0.05) is 16.4 Å². The zero-order valence-electron chi connectivity index (χ0n) is 8.12. The van der Waals surface area contributed by atoms with Crippen molar-refractivity contribution in [3.63, 3.8) is 0 Å². The number of fused-ring (bicyclic) bond motifs is 1. The van der Waals surface area contributed by atoms with Crippen molar-refractivity contribution in [1.82, 2.24) is 9.38 Å². The number of allylic oxidation sites excluding steroid dienone is 1. The average Bonchev–Trinajstić information content (AvgIpc) is 2.58. The number of halogens is 1. The Morgan fingerprint density at radius 1 is 1.57 bits per heavy atom. The normalized spacial score (nSPS) is 11.9. The molecule has 0 spiro atoms. The van der Waals surface area contributed by atoms with E-state index in [4.69, 9.17) is 0 Å². The van der Waals surface area contributed by atoms with Crippen molar-refractivity contribution in [2.45, 2.75) is 13.8 Å². The zero-order valence-corrected chi connectivity index (χ0v) is 10.5. The van der Waals surface area contributed by atoms with Gasteiger partial charge in [-0.1, -0.05) is 22.0 Å². The van der Waals surface area contributed by atoms with Crippen LogP contribution in [-0.4, -0.2) is 14.7 Å². The molecule has 0 atom stereocenters. The molecule has 4 heteroatoms. The first-order valence-corrected chi connectivity index (χ1v) is 6.34. The lowest BCUT2D eigenvalue weighted by atomic mass is 10.3. The first kappa shape index (κ1) is 9.93. The van der Waals surface area contributed by atoms with Crippen molar-refractivity contribution in [3.05, 3.63) is 28.5 Å². The molecule has 0 aliphatic rings. The van der Waals surface area contributed by atoms with E-state index < -0.39 is 0 Å². The van der Waals surface area contributed by atoms with Gasteiger partial charge in [0.25, 0.3) is 0 Å². The van der Waals surface area contributed by atoms with Crippen LogP contribution in [0.25, 0.3) is 11.0 Å². The Morgan fingerprint density at radius 3 is 3.07 bits per heavy atom. The highest BCUT2D eigenvalue weighted by Crippen LogP contribution is 2.21. The van der Waals surface area contributed by atoms with Gasteiger partial charge in [-0.05, 0) is 19.9 Å². The van der Waals surface area contributed by atoms with Gasteiger partial charge in [0.1, 0.15) is 0 Å². The van der Waals surface area contributed by atoms with Gasteiger partial charge >= 0.3 is 0 Å². The fourth-order valence-electron chi connectivity index (χ4n) is 1.44. The van der Waals surface area contributed by atoms with Crippen LogP contribution in [-0.2, 0) is 0 Å². The molecule has 2 rings (SSSR count). The molecule has 0 saturated carbocycles. The Hall–Kier alpha value is -0.610. The highest BCUT2D eigenvalue weighted by molar-refractivity contribution is 9.09. The van der Waals surface area contributed by atoms with Crippen molar-refractivity contribution >= 4 is 38.3 Å². The number of aromatic nitrogens is 2. The molecule has 0 saturated heterocycles. The maximum atomic E-state index is 4.50. The van der Waals surface area contributed by atoms with Crippen LogP contribution in [0.2, 0.25) is 0 Å². The second-order valence-electron chi connectivity index (χ2n) is 3.13. The van der Waals surface area contributed by atoms with Crippen molar-refractivity contribution in [2.75, 3.05) is 5.33 Å². The van der Waals surface area contributed by atoms with Crippen LogP contribution in [0.4, 0.5) is 0 Å². The molecule has 0 aromatic carbocycles. The predicted octanol–water partition coefficient (Wildman–Crippen LogP) is 3.42. The van der Waals surface area contributed by atoms with Gasteiger partial charge in [0.2, 0.25) is 0 Å². The summed E-state index contributed by atoms with van der Waals surface area (Å²) in [6.07, 6.45) is 6.33. The number of hydrogen-bond donors (Lipinski definition) is 0. The highest BCUT2D eigenvalue weighted by atomic mass is 79.9. The van der Waals surface area contributed by atoms with Crippen molar-refractivity contribution in [1.29, 1.82) is 0 Å². The predicted molar refractivity (Wildman–Crippen MR) is 65.4 cm³/mol. The minimum Gasteiger partial charge on any atom is -0.290 e. The summed E-state index contributed by atoms with van der Waals surface area (Å²) >= 11 is 5.10. The first-order chi connectivity index (χ1) is 6.72. The lowest BCUT2D eigenvalue weighted by molar-refractivity contribution is 1.18. The Kier molecular flexibility index (Phi) is 2.74. The van der Waals surface area contributed by atoms with Crippen molar-refractivity contribution < 1.29 is 0 Å². The number of imidazole rings is 1. The molecular formula is C10H11BrN2S. The monoisotopic (exact) mass is 270 g/mol. The molecule has 0 radical (unpaired) electrons. The maximum absolute atomic E-state index is 4.50. The van der Waals surface area contributed by atoms with Gasteiger partial charge in [0.15, 0.2) is 4.96 Å². The van der Waals surface area contributed by atoms with Gasteiger partial charge < -0.3 is 0 Å². The number of alkyl halides is 1. The number of hydrogen-bond acceptors (Lipinski definition) is 2. The highest BCUT2D eigenvalue weighted by Gasteiger charge is 2.07. The van der Waals surface area contributed by atoms with E-state index in [2.05, 4.69) is 50.6 Å². The number of aryl methyl sites for hydroxylation is 2. The van der Waals surface area contributed by atoms with Crippen LogP contribution in [0.5, 0.6) is 0 Å². The minimum absolute atomic E-state index is 0.878. The molecule has 2 aromatic heterocycles. The van der Waals surface area contributed by atoms with E-state index in [-0.39, 0.29) is 0 Å². The molecule has 2 aromatic rings. The van der Waals surface area contributed by atoms with E-state index in [1.165, 1.54) is 10.6 Å². The fraction of sp³-hybridized carbons (Fsp3) is 0.300. The van der Waals surface area contributed by atoms with E-state index in [1.54, 1.807) is 11.3 Å². The van der Waals surface area contributed by atoms with E-state index in [1.807, 2.05) is 6.92 Å². The summed E-state index contributed by atoms with van der Waals surface area (Å²) in [6.45, 7) is 4.15. The molecule has 0 bridgehead atoms. The van der Waals surface area contributed by atoms with E-state index in [9.17, 15) is 0 Å². The Labute approximate surface area is 95.4 Å². The lowest BCUT2D eigenvalue weighted by Gasteiger charge is -1.91. The van der Waals surface area contributed by atoms with Gasteiger partial charge in [-0.15, -0.1) is 11.3 Å². The van der Waals surface area contributed by atoms with Crippen LogP contribution in [0.3, 0.4) is 0 Å². The second-order valence-corrected chi connectivity index (χ2v) is 4.99. The van der Waals surface area contributed by atoms with Gasteiger partial charge in [-0.3, -0.25) is 4.40 Å². The molecule has 0 unspecified atom stereocenters. The average molecular weight is 271 g/mol. The SMILES string of the molecule is Cc1cn2c(C=CCBr)c(C)nc2s1. The smallest absolute Gasteiger partial charge is 0.194 e. The summed E-state index contributed by atoms with van der Waals surface area (Å²) in [5, 5.41) is 0.878. The first-order valence-electron chi connectivity index (χ1n) is 4.40. The summed E-state index contributed by atoms with van der Waals surface area (Å²) in [6, 6.07) is 0. The molecule has 14 heavy (non-hydrogen) atoms. The molecule has 74 valence electrons. The van der Waals surface area contributed by atoms with Gasteiger partial charge in [0.05, 0.1) is 11.4 Å². The van der Waals surface area contributed by atoms with Crippen molar-refractivity contribution in [3.8, 4) is 0 Å². The van der Waals surface area contributed by atoms with Crippen molar-refractivity contribution in [2.24, 2.45) is 0 Å². The van der Waals surface area contributed by atoms with E-state index in [0.717, 1.165) is 16.0 Å². The molecule has 0 aliphatic heterocycles. The maximum Gasteiger partial charge on any atom is 0.194 e. The Morgan fingerprint density at radius 2 is 2.36 bits per heavy atom. The summed E-state index contributed by atoms with van der Waals surface area (Å²) < 4.78 is 2.15. The second kappa shape index (κ2) is 3.87. The summed E-state index contributed by atoms with van der Waals surface area (Å²) in [4.78, 5) is 6.87. The molecular weight excluding hydrogens is 260 g/mol. The van der Waals surface area contributed by atoms with Crippen LogP contribution in [0, 0.1) is 13.8 Å². The fourth-order valence-corrected chi connectivity index (χ4v) is 2.50. The standard InChI is InChI=1S/C10H11BrN2S/c1-7-6-13-9(4-3-5-11)8(2)12-10(13)14-7/h3-4,6H,5H2,1-2H3. The molecule has 0 N–H and O–H groups in total. The molecule has 0 amide bonds. The van der Waals surface area contributed by atoms with Crippen LogP contribution < -0.4 is 0 Å². The number of rotatable bonds is 2. The summed E-state index contributed by atoms with van der Waals surface area (Å²) in [5.41, 5.74) is 2.28. The molecule has 0 fully saturated rings. The summed E-state index contributed by atoms with van der Waals surface area (Å²) in [5.74, 6) is 0. The van der Waals surface area contributed by atoms with Gasteiger partial charge in [-0.2, -0.15) is 0 Å². The summed E-state index contributed by atoms with van der Waals surface area (Å²) in [7, 11) is 0. The topological polar surface area (TPSA) is 17.3 Å². The van der Waals surface area contributed by atoms with Crippen LogP contribution in [0.1, 0.15) is 16.3 Å². The van der Waals surface area contributed by atoms with Gasteiger partial charge in [-0.25, -0.2) is 4.98 Å². The zero-order chi connectivity index (χ0) is 10.1. The number of nitrogens with zero attached hydrogens (tertiary/aromatic N) is 2. The van der Waals surface area contributed by atoms with Crippen LogP contribution >= 0.6 is 27.3 Å². The molecule has 2 nitrogen and oxygen atoms in total. The van der Waals surface area contributed by atoms with Crippen LogP contribution in [0.15, 0.2) is 12.3 Å². The largest absolute Gasteiger partial charge is 0.290 e.